The van der Waals surface area contributed by atoms with Gasteiger partial charge in [-0.3, -0.25) is 4.79 Å². The third-order valence-electron chi connectivity index (χ3n) is 5.09. The summed E-state index contributed by atoms with van der Waals surface area (Å²) in [6.07, 6.45) is 1.98. The Morgan fingerprint density at radius 2 is 1.78 bits per heavy atom. The Morgan fingerprint density at radius 3 is 2.41 bits per heavy atom. The van der Waals surface area contributed by atoms with Crippen LogP contribution >= 0.6 is 0 Å². The number of nitrogens with one attached hydrogen (secondary N) is 1. The van der Waals surface area contributed by atoms with Gasteiger partial charge in [-0.25, -0.2) is 8.42 Å². The minimum absolute atomic E-state index is 0.0318. The predicted molar refractivity (Wildman–Crippen MR) is 107 cm³/mol. The van der Waals surface area contributed by atoms with Crippen molar-refractivity contribution in [2.45, 2.75) is 38.0 Å². The molecule has 5 nitrogen and oxygen atoms in total. The third kappa shape index (κ3) is 4.57. The van der Waals surface area contributed by atoms with E-state index in [9.17, 15) is 13.2 Å². The number of amides is 1. The Balaban J connectivity index is 1.61. The molecule has 0 aromatic heterocycles. The second-order valence-electron chi connectivity index (χ2n) is 7.03. The molecule has 1 heterocycles. The highest BCUT2D eigenvalue weighted by Gasteiger charge is 2.32. The topological polar surface area (TPSA) is 66.5 Å². The molecule has 2 aromatic rings. The van der Waals surface area contributed by atoms with Crippen molar-refractivity contribution in [3.8, 4) is 0 Å². The van der Waals surface area contributed by atoms with Crippen LogP contribution in [0.5, 0.6) is 0 Å². The van der Waals surface area contributed by atoms with Gasteiger partial charge < -0.3 is 5.32 Å². The number of aryl methyl sites for hydroxylation is 2. The maximum Gasteiger partial charge on any atom is 0.243 e. The molecule has 1 amide bonds. The number of nitrogens with zero attached hydrogens (tertiary/aromatic N) is 1. The molecule has 6 heteroatoms. The number of sulfonamides is 1. The average molecular weight is 387 g/mol. The van der Waals surface area contributed by atoms with Crippen LogP contribution in [-0.4, -0.2) is 31.7 Å². The van der Waals surface area contributed by atoms with Gasteiger partial charge >= 0.3 is 0 Å². The molecule has 0 spiro atoms. The van der Waals surface area contributed by atoms with Crippen molar-refractivity contribution in [2.24, 2.45) is 5.92 Å². The summed E-state index contributed by atoms with van der Waals surface area (Å²) < 4.78 is 27.0. The van der Waals surface area contributed by atoms with Crippen LogP contribution in [0.3, 0.4) is 0 Å². The molecule has 1 saturated heterocycles. The van der Waals surface area contributed by atoms with Gasteiger partial charge in [0, 0.05) is 24.7 Å². The lowest BCUT2D eigenvalue weighted by Gasteiger charge is -2.30. The summed E-state index contributed by atoms with van der Waals surface area (Å²) in [5.74, 6) is -0.199. The fourth-order valence-corrected chi connectivity index (χ4v) is 4.80. The number of hydrogen-bond donors (Lipinski definition) is 1. The molecule has 1 aliphatic rings. The molecular formula is C21H26N2O3S. The highest BCUT2D eigenvalue weighted by Crippen LogP contribution is 2.25. The number of hydrogen-bond acceptors (Lipinski definition) is 3. The van der Waals surface area contributed by atoms with Crippen LogP contribution in [0.25, 0.3) is 0 Å². The van der Waals surface area contributed by atoms with E-state index in [1.807, 2.05) is 31.2 Å². The number of carbonyl (C=O) groups excluding carboxylic acids is 1. The van der Waals surface area contributed by atoms with Gasteiger partial charge in [0.15, 0.2) is 0 Å². The minimum atomic E-state index is -3.49. The standard InChI is InChI=1S/C21H26N2O3S/c1-3-17-5-4-6-19(15-17)22-21(24)18-11-13-23(14-12-18)27(25,26)20-9-7-16(2)8-10-20/h4-10,15,18H,3,11-14H2,1-2H3,(H,22,24). The molecule has 0 aliphatic carbocycles. The second kappa shape index (κ2) is 8.23. The van der Waals surface area contributed by atoms with Crippen LogP contribution in [0.1, 0.15) is 30.9 Å². The smallest absolute Gasteiger partial charge is 0.243 e. The number of piperidine rings is 1. The third-order valence-corrected chi connectivity index (χ3v) is 7.00. The normalized spacial score (nSPS) is 16.2. The molecule has 0 atom stereocenters. The van der Waals surface area contributed by atoms with E-state index in [0.29, 0.717) is 30.8 Å². The van der Waals surface area contributed by atoms with Crippen molar-refractivity contribution in [3.63, 3.8) is 0 Å². The maximum atomic E-state index is 12.8. The largest absolute Gasteiger partial charge is 0.326 e. The van der Waals surface area contributed by atoms with Crippen LogP contribution in [0, 0.1) is 12.8 Å². The molecule has 0 saturated carbocycles. The van der Waals surface area contributed by atoms with Gasteiger partial charge in [0.2, 0.25) is 15.9 Å². The first kappa shape index (κ1) is 19.6. The van der Waals surface area contributed by atoms with Gasteiger partial charge in [-0.05, 0) is 56.0 Å². The number of carbonyl (C=O) groups is 1. The monoisotopic (exact) mass is 386 g/mol. The number of benzene rings is 2. The van der Waals surface area contributed by atoms with E-state index < -0.39 is 10.0 Å². The molecule has 0 bridgehead atoms. The zero-order valence-corrected chi connectivity index (χ0v) is 16.6. The fourth-order valence-electron chi connectivity index (χ4n) is 3.33. The van der Waals surface area contributed by atoms with E-state index in [-0.39, 0.29) is 11.8 Å². The minimum Gasteiger partial charge on any atom is -0.326 e. The van der Waals surface area contributed by atoms with E-state index in [2.05, 4.69) is 12.2 Å². The van der Waals surface area contributed by atoms with Crippen molar-refractivity contribution >= 4 is 21.6 Å². The Labute approximate surface area is 161 Å². The van der Waals surface area contributed by atoms with E-state index in [0.717, 1.165) is 17.7 Å². The zero-order chi connectivity index (χ0) is 19.4. The number of anilines is 1. The van der Waals surface area contributed by atoms with Crippen molar-refractivity contribution in [2.75, 3.05) is 18.4 Å². The van der Waals surface area contributed by atoms with Gasteiger partial charge in [-0.1, -0.05) is 36.8 Å². The lowest BCUT2D eigenvalue weighted by molar-refractivity contribution is -0.120. The molecule has 0 radical (unpaired) electrons. The van der Waals surface area contributed by atoms with Gasteiger partial charge in [-0.2, -0.15) is 4.31 Å². The molecule has 0 unspecified atom stereocenters. The Morgan fingerprint density at radius 1 is 1.11 bits per heavy atom. The second-order valence-corrected chi connectivity index (χ2v) is 8.97. The van der Waals surface area contributed by atoms with Crippen molar-refractivity contribution in [1.82, 2.24) is 4.31 Å². The summed E-state index contributed by atoms with van der Waals surface area (Å²) in [5.41, 5.74) is 3.00. The first-order chi connectivity index (χ1) is 12.9. The molecule has 1 fully saturated rings. The number of rotatable bonds is 5. The summed E-state index contributed by atoms with van der Waals surface area (Å²) in [5, 5.41) is 2.97. The van der Waals surface area contributed by atoms with Gasteiger partial charge in [-0.15, -0.1) is 0 Å². The summed E-state index contributed by atoms with van der Waals surface area (Å²) >= 11 is 0. The predicted octanol–water partition coefficient (Wildman–Crippen LogP) is 3.60. The highest BCUT2D eigenvalue weighted by molar-refractivity contribution is 7.89. The van der Waals surface area contributed by atoms with Gasteiger partial charge in [0.05, 0.1) is 4.90 Å². The maximum absolute atomic E-state index is 12.8. The van der Waals surface area contributed by atoms with Crippen LogP contribution < -0.4 is 5.32 Å². The summed E-state index contributed by atoms with van der Waals surface area (Å²) in [7, 11) is -3.49. The van der Waals surface area contributed by atoms with Crippen molar-refractivity contribution < 1.29 is 13.2 Å². The lowest BCUT2D eigenvalue weighted by atomic mass is 9.97. The van der Waals surface area contributed by atoms with E-state index in [4.69, 9.17) is 0 Å². The quantitative estimate of drug-likeness (QED) is 0.854. The van der Waals surface area contributed by atoms with Crippen LogP contribution in [0.15, 0.2) is 53.4 Å². The molecule has 144 valence electrons. The fraction of sp³-hybridized carbons (Fsp3) is 0.381. The Bertz CT molecular complexity index is 899. The molecule has 27 heavy (non-hydrogen) atoms. The van der Waals surface area contributed by atoms with Crippen LogP contribution in [0.4, 0.5) is 5.69 Å². The van der Waals surface area contributed by atoms with E-state index in [1.54, 1.807) is 24.3 Å². The summed E-state index contributed by atoms with van der Waals surface area (Å²) in [4.78, 5) is 12.9. The molecule has 3 rings (SSSR count). The van der Waals surface area contributed by atoms with Crippen molar-refractivity contribution in [3.05, 3.63) is 59.7 Å². The average Bonchev–Trinajstić information content (AvgIpc) is 2.68. The molecular weight excluding hydrogens is 360 g/mol. The van der Waals surface area contributed by atoms with Crippen LogP contribution in [-0.2, 0) is 21.2 Å². The summed E-state index contributed by atoms with van der Waals surface area (Å²) in [6.45, 7) is 4.73. The zero-order valence-electron chi connectivity index (χ0n) is 15.8. The molecule has 1 N–H and O–H groups in total. The molecule has 1 aliphatic heterocycles. The Hall–Kier alpha value is -2.18. The van der Waals surface area contributed by atoms with E-state index >= 15 is 0 Å². The van der Waals surface area contributed by atoms with Crippen LogP contribution in [0.2, 0.25) is 0 Å². The molecule has 2 aromatic carbocycles. The first-order valence-corrected chi connectivity index (χ1v) is 10.8. The summed E-state index contributed by atoms with van der Waals surface area (Å²) in [6, 6.07) is 14.7. The lowest BCUT2D eigenvalue weighted by Crippen LogP contribution is -2.41. The van der Waals surface area contributed by atoms with E-state index in [1.165, 1.54) is 9.87 Å². The SMILES string of the molecule is CCc1cccc(NC(=O)C2CCN(S(=O)(=O)c3ccc(C)cc3)CC2)c1. The highest BCUT2D eigenvalue weighted by atomic mass is 32.2. The van der Waals surface area contributed by atoms with Crippen molar-refractivity contribution in [1.29, 1.82) is 0 Å². The Kier molecular flexibility index (Phi) is 5.97. The van der Waals surface area contributed by atoms with Gasteiger partial charge in [0.1, 0.15) is 0 Å². The first-order valence-electron chi connectivity index (χ1n) is 9.37. The van der Waals surface area contributed by atoms with Gasteiger partial charge in [0.25, 0.3) is 0 Å².